The number of phenolic OH excluding ortho intramolecular Hbond substituents is 1. The maximum atomic E-state index is 9.77. The molecule has 0 aromatic heterocycles. The van der Waals surface area contributed by atoms with Gasteiger partial charge in [0.15, 0.2) is 0 Å². The van der Waals surface area contributed by atoms with Crippen LogP contribution in [0.1, 0.15) is 31.9 Å². The normalized spacial score (nSPS) is 13.2. The smallest absolute Gasteiger partial charge is 0.139 e. The van der Waals surface area contributed by atoms with Crippen molar-refractivity contribution in [3.63, 3.8) is 0 Å². The van der Waals surface area contributed by atoms with E-state index in [4.69, 9.17) is 17.3 Å². The Hall–Kier alpha value is -0.250. The summed E-state index contributed by atoms with van der Waals surface area (Å²) in [6, 6.07) is 3.29. The van der Waals surface area contributed by atoms with E-state index in [0.717, 1.165) is 10.9 Å². The lowest BCUT2D eigenvalue weighted by molar-refractivity contribution is 0.445. The number of benzene rings is 1. The Balaban J connectivity index is 3.02. The number of phenols is 1. The third kappa shape index (κ3) is 3.37. The molecular weight excluding hydrogens is 277 g/mol. The van der Waals surface area contributed by atoms with Crippen LogP contribution in [0.2, 0.25) is 5.02 Å². The second kappa shape index (κ2) is 5.19. The highest BCUT2D eigenvalue weighted by atomic mass is 79.9. The first-order chi connectivity index (χ1) is 6.91. The van der Waals surface area contributed by atoms with Crippen LogP contribution >= 0.6 is 27.5 Å². The Morgan fingerprint density at radius 2 is 2.07 bits per heavy atom. The molecule has 3 N–H and O–H groups in total. The molecule has 0 aliphatic rings. The Bertz CT molecular complexity index is 355. The van der Waals surface area contributed by atoms with Gasteiger partial charge in [-0.1, -0.05) is 41.4 Å². The average Bonchev–Trinajstić information content (AvgIpc) is 2.09. The average molecular weight is 293 g/mol. The molecule has 0 aliphatic heterocycles. The first-order valence-corrected chi connectivity index (χ1v) is 6.02. The van der Waals surface area contributed by atoms with Gasteiger partial charge in [0.05, 0.1) is 5.02 Å². The number of nitrogens with two attached hydrogens (primary N) is 1. The Labute approximate surface area is 104 Å². The maximum absolute atomic E-state index is 9.77. The third-order valence-electron chi connectivity index (χ3n) is 2.18. The van der Waals surface area contributed by atoms with Crippen LogP contribution in [0.25, 0.3) is 0 Å². The van der Waals surface area contributed by atoms with Crippen LogP contribution in [0.3, 0.4) is 0 Å². The molecule has 2 nitrogen and oxygen atoms in total. The van der Waals surface area contributed by atoms with E-state index in [9.17, 15) is 5.11 Å². The largest absolute Gasteiger partial charge is 0.506 e. The molecule has 15 heavy (non-hydrogen) atoms. The van der Waals surface area contributed by atoms with E-state index >= 15 is 0 Å². The highest BCUT2D eigenvalue weighted by Gasteiger charge is 2.15. The van der Waals surface area contributed by atoms with Crippen LogP contribution in [-0.2, 0) is 0 Å². The van der Waals surface area contributed by atoms with Gasteiger partial charge in [-0.2, -0.15) is 0 Å². The number of hydrogen-bond acceptors (Lipinski definition) is 2. The second-order valence-electron chi connectivity index (χ2n) is 4.06. The van der Waals surface area contributed by atoms with Crippen LogP contribution in [0, 0.1) is 5.92 Å². The van der Waals surface area contributed by atoms with Crippen molar-refractivity contribution in [2.75, 3.05) is 0 Å². The fourth-order valence-corrected chi connectivity index (χ4v) is 2.34. The molecule has 0 bridgehead atoms. The molecule has 0 aliphatic carbocycles. The molecule has 1 aromatic rings. The number of hydrogen-bond donors (Lipinski definition) is 2. The topological polar surface area (TPSA) is 46.2 Å². The molecular formula is C11H15BrClNO. The van der Waals surface area contributed by atoms with E-state index < -0.39 is 0 Å². The minimum Gasteiger partial charge on any atom is -0.506 e. The molecule has 0 fully saturated rings. The van der Waals surface area contributed by atoms with E-state index in [-0.39, 0.29) is 11.8 Å². The van der Waals surface area contributed by atoms with Gasteiger partial charge in [0.2, 0.25) is 0 Å². The molecule has 1 atom stereocenters. The summed E-state index contributed by atoms with van der Waals surface area (Å²) in [6.07, 6.45) is 0.820. The van der Waals surface area contributed by atoms with Crippen molar-refractivity contribution >= 4 is 27.5 Å². The molecule has 0 saturated heterocycles. The van der Waals surface area contributed by atoms with Gasteiger partial charge in [-0.15, -0.1) is 0 Å². The Kier molecular flexibility index (Phi) is 4.44. The minimum absolute atomic E-state index is 0.0908. The summed E-state index contributed by atoms with van der Waals surface area (Å²) in [5, 5.41) is 10.1. The van der Waals surface area contributed by atoms with Gasteiger partial charge >= 0.3 is 0 Å². The quantitative estimate of drug-likeness (QED) is 0.889. The minimum atomic E-state index is -0.181. The summed E-state index contributed by atoms with van der Waals surface area (Å²) in [5.74, 6) is 0.574. The van der Waals surface area contributed by atoms with Crippen molar-refractivity contribution in [3.05, 3.63) is 27.2 Å². The predicted octanol–water partition coefficient (Wildman–Crippen LogP) is 3.85. The standard InChI is InChI=1S/C11H15BrClNO/c1-6(2)3-10(14)8-4-7(12)5-9(13)11(8)15/h4-6,10,15H,3,14H2,1-2H3/t10-/m0/s1. The Morgan fingerprint density at radius 3 is 2.60 bits per heavy atom. The van der Waals surface area contributed by atoms with E-state index in [1.165, 1.54) is 0 Å². The number of aromatic hydroxyl groups is 1. The summed E-state index contributed by atoms with van der Waals surface area (Å²) in [6.45, 7) is 4.19. The molecule has 0 radical (unpaired) electrons. The summed E-state index contributed by atoms with van der Waals surface area (Å²) in [4.78, 5) is 0. The number of rotatable bonds is 3. The lowest BCUT2D eigenvalue weighted by atomic mass is 9.97. The second-order valence-corrected chi connectivity index (χ2v) is 5.38. The van der Waals surface area contributed by atoms with Gasteiger partial charge in [0.25, 0.3) is 0 Å². The fourth-order valence-electron chi connectivity index (χ4n) is 1.50. The highest BCUT2D eigenvalue weighted by molar-refractivity contribution is 9.10. The molecule has 1 aromatic carbocycles. The zero-order chi connectivity index (χ0) is 11.6. The van der Waals surface area contributed by atoms with Crippen molar-refractivity contribution in [1.82, 2.24) is 0 Å². The van der Waals surface area contributed by atoms with Crippen LogP contribution in [0.4, 0.5) is 0 Å². The molecule has 0 unspecified atom stereocenters. The van der Waals surface area contributed by atoms with E-state index in [1.54, 1.807) is 6.07 Å². The maximum Gasteiger partial charge on any atom is 0.139 e. The van der Waals surface area contributed by atoms with Gasteiger partial charge in [-0.05, 0) is 24.5 Å². The van der Waals surface area contributed by atoms with E-state index in [2.05, 4.69) is 29.8 Å². The molecule has 0 heterocycles. The summed E-state index contributed by atoms with van der Waals surface area (Å²) >= 11 is 9.19. The molecule has 0 amide bonds. The van der Waals surface area contributed by atoms with Gasteiger partial charge in [-0.3, -0.25) is 0 Å². The van der Waals surface area contributed by atoms with Crippen molar-refractivity contribution in [3.8, 4) is 5.75 Å². The predicted molar refractivity (Wildman–Crippen MR) is 67.2 cm³/mol. The molecule has 1 rings (SSSR count). The fraction of sp³-hybridized carbons (Fsp3) is 0.455. The summed E-state index contributed by atoms with van der Waals surface area (Å²) in [5.41, 5.74) is 6.69. The summed E-state index contributed by atoms with van der Waals surface area (Å²) in [7, 11) is 0. The molecule has 4 heteroatoms. The monoisotopic (exact) mass is 291 g/mol. The van der Waals surface area contributed by atoms with Crippen molar-refractivity contribution in [1.29, 1.82) is 0 Å². The Morgan fingerprint density at radius 1 is 1.47 bits per heavy atom. The third-order valence-corrected chi connectivity index (χ3v) is 2.93. The van der Waals surface area contributed by atoms with Crippen LogP contribution < -0.4 is 5.73 Å². The van der Waals surface area contributed by atoms with Crippen LogP contribution in [0.5, 0.6) is 5.75 Å². The van der Waals surface area contributed by atoms with E-state index in [0.29, 0.717) is 16.5 Å². The first-order valence-electron chi connectivity index (χ1n) is 4.85. The zero-order valence-corrected chi connectivity index (χ0v) is 11.1. The lowest BCUT2D eigenvalue weighted by Crippen LogP contribution is -2.13. The van der Waals surface area contributed by atoms with Crippen LogP contribution in [0.15, 0.2) is 16.6 Å². The molecule has 0 saturated carbocycles. The van der Waals surface area contributed by atoms with Crippen molar-refractivity contribution in [2.45, 2.75) is 26.3 Å². The highest BCUT2D eigenvalue weighted by Crippen LogP contribution is 2.35. The van der Waals surface area contributed by atoms with Crippen molar-refractivity contribution in [2.24, 2.45) is 11.7 Å². The lowest BCUT2D eigenvalue weighted by Gasteiger charge is -2.16. The molecule has 84 valence electrons. The SMILES string of the molecule is CC(C)C[C@H](N)c1cc(Br)cc(Cl)c1O. The van der Waals surface area contributed by atoms with Crippen LogP contribution in [-0.4, -0.2) is 5.11 Å². The van der Waals surface area contributed by atoms with Gasteiger partial charge in [0, 0.05) is 16.1 Å². The van der Waals surface area contributed by atoms with Gasteiger partial charge in [0.1, 0.15) is 5.75 Å². The summed E-state index contributed by atoms with van der Waals surface area (Å²) < 4.78 is 0.833. The first kappa shape index (κ1) is 12.8. The van der Waals surface area contributed by atoms with Gasteiger partial charge in [-0.25, -0.2) is 0 Å². The van der Waals surface area contributed by atoms with Gasteiger partial charge < -0.3 is 10.8 Å². The number of halogens is 2. The molecule has 0 spiro atoms. The van der Waals surface area contributed by atoms with Crippen molar-refractivity contribution < 1.29 is 5.11 Å². The van der Waals surface area contributed by atoms with E-state index in [1.807, 2.05) is 6.07 Å². The zero-order valence-electron chi connectivity index (χ0n) is 8.80.